The molecule has 2 fully saturated rings. The molecule has 2 saturated heterocycles. The topological polar surface area (TPSA) is 54.6 Å². The van der Waals surface area contributed by atoms with Crippen molar-refractivity contribution in [1.82, 2.24) is 20.1 Å². The van der Waals surface area contributed by atoms with Gasteiger partial charge in [0.1, 0.15) is 16.9 Å². The molecule has 3 aromatic rings. The summed E-state index contributed by atoms with van der Waals surface area (Å²) in [6.45, 7) is 6.38. The van der Waals surface area contributed by atoms with Gasteiger partial charge in [-0.3, -0.25) is 9.80 Å². The molecule has 0 unspecified atom stereocenters. The Hall–Kier alpha value is -2.35. The van der Waals surface area contributed by atoms with Crippen molar-refractivity contribution in [3.8, 4) is 0 Å². The maximum absolute atomic E-state index is 14.0. The van der Waals surface area contributed by atoms with Crippen LogP contribution in [0.4, 0.5) is 4.39 Å². The molecule has 0 N–H and O–H groups in total. The second-order valence-corrected chi connectivity index (χ2v) is 9.19. The molecule has 0 bridgehead atoms. The highest BCUT2D eigenvalue weighted by molar-refractivity contribution is 5.76. The lowest BCUT2D eigenvalue weighted by Crippen LogP contribution is -2.40. The first-order valence-corrected chi connectivity index (χ1v) is 11.7. The van der Waals surface area contributed by atoms with Crippen molar-refractivity contribution in [3.63, 3.8) is 0 Å². The number of halogens is 1. The van der Waals surface area contributed by atoms with E-state index in [9.17, 15) is 4.39 Å². The standard InChI is InChI=1S/C25H31FN4O2/c26-23-8-2-1-5-20(23)16-29-12-10-19(11-13-29)15-30(18-22-7-4-14-31-22)17-21-6-3-9-24-25(21)28-32-27-24/h1-3,5-6,8-9,19,22H,4,7,10-18H2/t22-/m0/s1. The third kappa shape index (κ3) is 5.17. The van der Waals surface area contributed by atoms with Gasteiger partial charge in [-0.25, -0.2) is 9.02 Å². The summed E-state index contributed by atoms with van der Waals surface area (Å²) in [4.78, 5) is 4.90. The number of aromatic nitrogens is 2. The molecule has 0 radical (unpaired) electrons. The molecule has 2 aliphatic rings. The number of hydrogen-bond acceptors (Lipinski definition) is 6. The molecule has 0 spiro atoms. The SMILES string of the molecule is Fc1ccccc1CN1CCC(CN(Cc2cccc3nonc23)C[C@@H]2CCCO2)CC1. The number of ether oxygens (including phenoxy) is 1. The molecule has 1 aromatic heterocycles. The van der Waals surface area contributed by atoms with Gasteiger partial charge in [0.15, 0.2) is 0 Å². The molecule has 2 aliphatic heterocycles. The molecular formula is C25H31FN4O2. The zero-order valence-electron chi connectivity index (χ0n) is 18.5. The van der Waals surface area contributed by atoms with E-state index in [-0.39, 0.29) is 5.82 Å². The predicted octanol–water partition coefficient (Wildman–Crippen LogP) is 4.26. The van der Waals surface area contributed by atoms with Gasteiger partial charge in [0.25, 0.3) is 0 Å². The van der Waals surface area contributed by atoms with Crippen LogP contribution in [0.5, 0.6) is 0 Å². The van der Waals surface area contributed by atoms with E-state index in [0.29, 0.717) is 18.6 Å². The maximum atomic E-state index is 14.0. The molecule has 3 heterocycles. The first-order valence-electron chi connectivity index (χ1n) is 11.7. The average molecular weight is 439 g/mol. The average Bonchev–Trinajstić information content (AvgIpc) is 3.49. The molecule has 32 heavy (non-hydrogen) atoms. The van der Waals surface area contributed by atoms with Crippen molar-refractivity contribution < 1.29 is 13.8 Å². The molecule has 5 rings (SSSR count). The minimum atomic E-state index is -0.103. The van der Waals surface area contributed by atoms with Crippen LogP contribution < -0.4 is 0 Å². The Kier molecular flexibility index (Phi) is 6.76. The van der Waals surface area contributed by atoms with Crippen LogP contribution in [-0.4, -0.2) is 59.0 Å². The molecule has 7 heteroatoms. The zero-order chi connectivity index (χ0) is 21.8. The number of fused-ring (bicyclic) bond motifs is 1. The number of rotatable bonds is 8. The third-order valence-corrected chi connectivity index (χ3v) is 6.82. The highest BCUT2D eigenvalue weighted by Crippen LogP contribution is 2.24. The smallest absolute Gasteiger partial charge is 0.139 e. The summed E-state index contributed by atoms with van der Waals surface area (Å²) >= 11 is 0. The molecule has 1 atom stereocenters. The van der Waals surface area contributed by atoms with E-state index in [1.165, 1.54) is 0 Å². The van der Waals surface area contributed by atoms with Crippen LogP contribution >= 0.6 is 0 Å². The van der Waals surface area contributed by atoms with Crippen molar-refractivity contribution in [2.24, 2.45) is 5.92 Å². The second kappa shape index (κ2) is 10.1. The van der Waals surface area contributed by atoms with Gasteiger partial charge in [0.2, 0.25) is 0 Å². The van der Waals surface area contributed by atoms with Crippen LogP contribution in [0.25, 0.3) is 11.0 Å². The fourth-order valence-electron chi connectivity index (χ4n) is 5.07. The normalized spacial score (nSPS) is 20.5. The first-order chi connectivity index (χ1) is 15.7. The van der Waals surface area contributed by atoms with Gasteiger partial charge in [-0.15, -0.1) is 0 Å². The number of hydrogen-bond donors (Lipinski definition) is 0. The number of benzene rings is 2. The van der Waals surface area contributed by atoms with Crippen molar-refractivity contribution in [2.75, 3.05) is 32.8 Å². The summed E-state index contributed by atoms with van der Waals surface area (Å²) in [5, 5.41) is 8.12. The molecule has 6 nitrogen and oxygen atoms in total. The predicted molar refractivity (Wildman–Crippen MR) is 120 cm³/mol. The Bertz CT molecular complexity index is 1010. The van der Waals surface area contributed by atoms with Gasteiger partial charge in [0, 0.05) is 38.3 Å². The molecule has 0 saturated carbocycles. The van der Waals surface area contributed by atoms with E-state index in [0.717, 1.165) is 87.2 Å². The van der Waals surface area contributed by atoms with E-state index in [1.807, 2.05) is 24.3 Å². The second-order valence-electron chi connectivity index (χ2n) is 9.19. The molecular weight excluding hydrogens is 407 g/mol. The minimum absolute atomic E-state index is 0.103. The van der Waals surface area contributed by atoms with Gasteiger partial charge < -0.3 is 4.74 Å². The van der Waals surface area contributed by atoms with Gasteiger partial charge in [0.05, 0.1) is 6.10 Å². The fourth-order valence-corrected chi connectivity index (χ4v) is 5.07. The molecule has 0 aliphatic carbocycles. The van der Waals surface area contributed by atoms with Gasteiger partial charge in [-0.05, 0) is 72.7 Å². The van der Waals surface area contributed by atoms with Gasteiger partial charge in [-0.1, -0.05) is 30.3 Å². The third-order valence-electron chi connectivity index (χ3n) is 6.82. The largest absolute Gasteiger partial charge is 0.377 e. The highest BCUT2D eigenvalue weighted by atomic mass is 19.1. The summed E-state index contributed by atoms with van der Waals surface area (Å²) < 4.78 is 24.9. The van der Waals surface area contributed by atoms with Crippen molar-refractivity contribution >= 4 is 11.0 Å². The van der Waals surface area contributed by atoms with Gasteiger partial charge >= 0.3 is 0 Å². The minimum Gasteiger partial charge on any atom is -0.377 e. The number of nitrogens with zero attached hydrogens (tertiary/aromatic N) is 4. The lowest BCUT2D eigenvalue weighted by Gasteiger charge is -2.35. The van der Waals surface area contributed by atoms with Crippen molar-refractivity contribution in [3.05, 3.63) is 59.4 Å². The van der Waals surface area contributed by atoms with Crippen LogP contribution in [0.3, 0.4) is 0 Å². The first kappa shape index (κ1) is 21.5. The van der Waals surface area contributed by atoms with Crippen molar-refractivity contribution in [1.29, 1.82) is 0 Å². The fraction of sp³-hybridized carbons (Fsp3) is 0.520. The lowest BCUT2D eigenvalue weighted by molar-refractivity contribution is 0.0570. The van der Waals surface area contributed by atoms with Crippen LogP contribution in [-0.2, 0) is 17.8 Å². The Labute approximate surface area is 188 Å². The van der Waals surface area contributed by atoms with Crippen molar-refractivity contribution in [2.45, 2.75) is 44.9 Å². The molecule has 170 valence electrons. The monoisotopic (exact) mass is 438 g/mol. The number of likely N-dealkylation sites (tertiary alicyclic amines) is 1. The summed E-state index contributed by atoms with van der Waals surface area (Å²) in [6, 6.07) is 13.2. The Balaban J connectivity index is 1.21. The number of piperidine rings is 1. The maximum Gasteiger partial charge on any atom is 0.139 e. The van der Waals surface area contributed by atoms with Gasteiger partial charge in [-0.2, -0.15) is 0 Å². The van der Waals surface area contributed by atoms with E-state index < -0.39 is 0 Å². The molecule has 2 aromatic carbocycles. The summed E-state index contributed by atoms with van der Waals surface area (Å²) in [6.07, 6.45) is 4.85. The summed E-state index contributed by atoms with van der Waals surface area (Å²) in [5.41, 5.74) is 3.60. The Morgan fingerprint density at radius 1 is 0.969 bits per heavy atom. The highest BCUT2D eigenvalue weighted by Gasteiger charge is 2.25. The van der Waals surface area contributed by atoms with E-state index in [1.54, 1.807) is 12.1 Å². The van der Waals surface area contributed by atoms with Crippen LogP contribution in [0.1, 0.15) is 36.8 Å². The Morgan fingerprint density at radius 2 is 1.81 bits per heavy atom. The lowest BCUT2D eigenvalue weighted by atomic mass is 9.95. The Morgan fingerprint density at radius 3 is 2.62 bits per heavy atom. The van der Waals surface area contributed by atoms with E-state index in [2.05, 4.69) is 26.2 Å². The molecule has 0 amide bonds. The van der Waals surface area contributed by atoms with E-state index >= 15 is 0 Å². The summed E-state index contributed by atoms with van der Waals surface area (Å²) in [7, 11) is 0. The zero-order valence-corrected chi connectivity index (χ0v) is 18.5. The van der Waals surface area contributed by atoms with Crippen LogP contribution in [0.2, 0.25) is 0 Å². The summed E-state index contributed by atoms with van der Waals surface area (Å²) in [5.74, 6) is 0.525. The quantitative estimate of drug-likeness (QED) is 0.524. The van der Waals surface area contributed by atoms with Crippen LogP contribution in [0.15, 0.2) is 47.1 Å². The van der Waals surface area contributed by atoms with E-state index in [4.69, 9.17) is 9.37 Å². The van der Waals surface area contributed by atoms with Crippen LogP contribution in [0, 0.1) is 11.7 Å².